The van der Waals surface area contributed by atoms with Crippen molar-refractivity contribution < 1.29 is 14.2 Å². The number of aliphatic hydroxyl groups is 1. The smallest absolute Gasteiger partial charge is 0.168 e. The fraction of sp³-hybridized carbons (Fsp3) is 0.667. The third-order valence-corrected chi connectivity index (χ3v) is 5.69. The minimum atomic E-state index is -0.749. The van der Waals surface area contributed by atoms with Crippen molar-refractivity contribution in [2.24, 2.45) is 5.41 Å². The van der Waals surface area contributed by atoms with E-state index in [-0.39, 0.29) is 11.6 Å². The minimum Gasteiger partial charge on any atom is -0.494 e. The van der Waals surface area contributed by atoms with Gasteiger partial charge in [-0.05, 0) is 55.6 Å². The van der Waals surface area contributed by atoms with Crippen molar-refractivity contribution in [1.82, 2.24) is 0 Å². The Morgan fingerprint density at radius 3 is 2.38 bits per heavy atom. The molecule has 1 N–H and O–H groups in total. The van der Waals surface area contributed by atoms with Crippen LogP contribution in [0, 0.1) is 11.2 Å². The van der Waals surface area contributed by atoms with Crippen LogP contribution in [0.1, 0.15) is 56.9 Å². The first kappa shape index (κ1) is 14.8. The number of methoxy groups -OCH3 is 1. The van der Waals surface area contributed by atoms with Crippen LogP contribution in [0.15, 0.2) is 18.2 Å². The van der Waals surface area contributed by atoms with Gasteiger partial charge in [-0.15, -0.1) is 0 Å². The molecule has 0 aliphatic heterocycles. The molecule has 2 aliphatic rings. The second kappa shape index (κ2) is 5.60. The van der Waals surface area contributed by atoms with E-state index in [1.165, 1.54) is 32.8 Å². The molecule has 0 bridgehead atoms. The van der Waals surface area contributed by atoms with Crippen LogP contribution in [0.3, 0.4) is 0 Å². The first-order chi connectivity index (χ1) is 10.1. The zero-order valence-electron chi connectivity index (χ0n) is 12.8. The fourth-order valence-electron chi connectivity index (χ4n) is 4.25. The number of ether oxygens (including phenoxy) is 1. The van der Waals surface area contributed by atoms with Gasteiger partial charge in [-0.25, -0.2) is 4.39 Å². The van der Waals surface area contributed by atoms with Crippen molar-refractivity contribution in [2.45, 2.75) is 63.4 Å². The number of hydrogen-bond acceptors (Lipinski definition) is 2. The lowest BCUT2D eigenvalue weighted by molar-refractivity contribution is -0.0327. The maximum Gasteiger partial charge on any atom is 0.168 e. The summed E-state index contributed by atoms with van der Waals surface area (Å²) in [5, 5.41) is 10.8. The molecule has 0 heterocycles. The molecule has 116 valence electrons. The Labute approximate surface area is 126 Å². The van der Waals surface area contributed by atoms with Crippen LogP contribution >= 0.6 is 0 Å². The molecule has 0 atom stereocenters. The normalized spacial score (nSPS) is 23.4. The van der Waals surface area contributed by atoms with Crippen LogP contribution < -0.4 is 4.74 Å². The molecular weight excluding hydrogens is 267 g/mol. The lowest BCUT2D eigenvalue weighted by Crippen LogP contribution is -2.40. The Balaban J connectivity index is 1.70. The van der Waals surface area contributed by atoms with Gasteiger partial charge in [-0.2, -0.15) is 0 Å². The van der Waals surface area contributed by atoms with Crippen molar-refractivity contribution in [1.29, 1.82) is 0 Å². The van der Waals surface area contributed by atoms with Crippen molar-refractivity contribution in [2.75, 3.05) is 7.11 Å². The molecule has 3 heteroatoms. The fourth-order valence-corrected chi connectivity index (χ4v) is 4.25. The molecule has 2 fully saturated rings. The standard InChI is InChI=1S/C18H25FO2/c1-21-15-6-4-5-14(16(15)19)13-18(20)11-9-17(10-12-18)7-2-3-8-17/h4-6,20H,2-3,7-13H2,1H3. The average Bonchev–Trinajstić information content (AvgIpc) is 2.94. The van der Waals surface area contributed by atoms with E-state index >= 15 is 0 Å². The number of halogens is 1. The van der Waals surface area contributed by atoms with Gasteiger partial charge < -0.3 is 9.84 Å². The molecule has 0 aromatic heterocycles. The Bertz CT molecular complexity index is 496. The molecule has 1 aromatic rings. The Kier molecular flexibility index (Phi) is 3.96. The van der Waals surface area contributed by atoms with E-state index in [9.17, 15) is 9.50 Å². The van der Waals surface area contributed by atoms with Crippen LogP contribution in [-0.4, -0.2) is 17.8 Å². The lowest BCUT2D eigenvalue weighted by atomic mass is 9.66. The second-order valence-corrected chi connectivity index (χ2v) is 7.04. The summed E-state index contributed by atoms with van der Waals surface area (Å²) in [6.07, 6.45) is 9.47. The summed E-state index contributed by atoms with van der Waals surface area (Å²) in [4.78, 5) is 0. The molecule has 3 rings (SSSR count). The third-order valence-electron chi connectivity index (χ3n) is 5.69. The van der Waals surface area contributed by atoms with E-state index in [1.54, 1.807) is 18.2 Å². The Morgan fingerprint density at radius 1 is 1.10 bits per heavy atom. The Hall–Kier alpha value is -1.09. The monoisotopic (exact) mass is 292 g/mol. The van der Waals surface area contributed by atoms with Crippen LogP contribution in [0.25, 0.3) is 0 Å². The average molecular weight is 292 g/mol. The van der Waals surface area contributed by atoms with Crippen LogP contribution in [-0.2, 0) is 6.42 Å². The largest absolute Gasteiger partial charge is 0.494 e. The van der Waals surface area contributed by atoms with Gasteiger partial charge in [-0.1, -0.05) is 25.0 Å². The van der Waals surface area contributed by atoms with Gasteiger partial charge in [0.2, 0.25) is 0 Å². The van der Waals surface area contributed by atoms with Crippen LogP contribution in [0.4, 0.5) is 4.39 Å². The highest BCUT2D eigenvalue weighted by Crippen LogP contribution is 2.51. The van der Waals surface area contributed by atoms with E-state index < -0.39 is 5.60 Å². The van der Waals surface area contributed by atoms with Crippen molar-refractivity contribution in [3.05, 3.63) is 29.6 Å². The summed E-state index contributed by atoms with van der Waals surface area (Å²) in [7, 11) is 1.47. The topological polar surface area (TPSA) is 29.5 Å². The molecule has 0 radical (unpaired) electrons. The van der Waals surface area contributed by atoms with Gasteiger partial charge in [0.1, 0.15) is 0 Å². The molecule has 2 saturated carbocycles. The zero-order chi connectivity index (χ0) is 14.9. The van der Waals surface area contributed by atoms with E-state index in [0.717, 1.165) is 25.7 Å². The van der Waals surface area contributed by atoms with Gasteiger partial charge in [0.15, 0.2) is 11.6 Å². The molecular formula is C18H25FO2. The van der Waals surface area contributed by atoms with Gasteiger partial charge in [0.25, 0.3) is 0 Å². The lowest BCUT2D eigenvalue weighted by Gasteiger charge is -2.42. The van der Waals surface area contributed by atoms with Crippen molar-refractivity contribution in [3.8, 4) is 5.75 Å². The summed E-state index contributed by atoms with van der Waals surface area (Å²) in [6, 6.07) is 5.18. The SMILES string of the molecule is COc1cccc(CC2(O)CCC3(CCCC3)CC2)c1F. The Morgan fingerprint density at radius 2 is 1.76 bits per heavy atom. The molecule has 2 aliphatic carbocycles. The highest BCUT2D eigenvalue weighted by Gasteiger charge is 2.43. The van der Waals surface area contributed by atoms with Crippen LogP contribution in [0.2, 0.25) is 0 Å². The van der Waals surface area contributed by atoms with Gasteiger partial charge in [0, 0.05) is 6.42 Å². The third kappa shape index (κ3) is 2.94. The first-order valence-electron chi connectivity index (χ1n) is 8.10. The molecule has 0 unspecified atom stereocenters. The highest BCUT2D eigenvalue weighted by molar-refractivity contribution is 5.32. The maximum absolute atomic E-state index is 14.3. The van der Waals surface area contributed by atoms with Crippen LogP contribution in [0.5, 0.6) is 5.75 Å². The molecule has 0 saturated heterocycles. The van der Waals surface area contributed by atoms with Gasteiger partial charge in [-0.3, -0.25) is 0 Å². The predicted octanol–water partition coefficient (Wildman–Crippen LogP) is 4.24. The molecule has 2 nitrogen and oxygen atoms in total. The second-order valence-electron chi connectivity index (χ2n) is 7.04. The van der Waals surface area contributed by atoms with E-state index in [0.29, 0.717) is 17.4 Å². The number of hydrogen-bond donors (Lipinski definition) is 1. The van der Waals surface area contributed by atoms with E-state index in [2.05, 4.69) is 0 Å². The predicted molar refractivity (Wildman–Crippen MR) is 81.0 cm³/mol. The summed E-state index contributed by atoms with van der Waals surface area (Å²) < 4.78 is 19.3. The molecule has 1 spiro atoms. The molecule has 0 amide bonds. The summed E-state index contributed by atoms with van der Waals surface area (Å²) >= 11 is 0. The van der Waals surface area contributed by atoms with Crippen molar-refractivity contribution >= 4 is 0 Å². The summed E-state index contributed by atoms with van der Waals surface area (Å²) in [5.41, 5.74) is 0.305. The van der Waals surface area contributed by atoms with E-state index in [4.69, 9.17) is 4.74 Å². The van der Waals surface area contributed by atoms with E-state index in [1.807, 2.05) is 0 Å². The minimum absolute atomic E-state index is 0.263. The summed E-state index contributed by atoms with van der Waals surface area (Å²) in [6.45, 7) is 0. The quantitative estimate of drug-likeness (QED) is 0.903. The molecule has 21 heavy (non-hydrogen) atoms. The van der Waals surface area contributed by atoms with Crippen molar-refractivity contribution in [3.63, 3.8) is 0 Å². The maximum atomic E-state index is 14.3. The zero-order valence-corrected chi connectivity index (χ0v) is 12.8. The number of rotatable bonds is 3. The molecule has 1 aromatic carbocycles. The highest BCUT2D eigenvalue weighted by atomic mass is 19.1. The number of benzene rings is 1. The van der Waals surface area contributed by atoms with Gasteiger partial charge >= 0.3 is 0 Å². The summed E-state index contributed by atoms with van der Waals surface area (Å²) in [5.74, 6) is -0.0613. The first-order valence-corrected chi connectivity index (χ1v) is 8.10. The van der Waals surface area contributed by atoms with Gasteiger partial charge in [0.05, 0.1) is 12.7 Å².